The maximum atomic E-state index is 12.0. The Labute approximate surface area is 119 Å². The van der Waals surface area contributed by atoms with Gasteiger partial charge < -0.3 is 10.1 Å². The summed E-state index contributed by atoms with van der Waals surface area (Å²) in [5.74, 6) is 0.827. The van der Waals surface area contributed by atoms with Gasteiger partial charge in [0.2, 0.25) is 0 Å². The smallest absolute Gasteiger partial charge is 0.261 e. The molecule has 0 spiro atoms. The van der Waals surface area contributed by atoms with E-state index in [4.69, 9.17) is 4.74 Å². The predicted molar refractivity (Wildman–Crippen MR) is 79.0 cm³/mol. The van der Waals surface area contributed by atoms with Crippen LogP contribution < -0.4 is 5.32 Å². The number of amides is 1. The third-order valence-corrected chi connectivity index (χ3v) is 4.74. The number of carbonyl (C=O) groups excluding carboxylic acids is 1. The summed E-state index contributed by atoms with van der Waals surface area (Å²) >= 11 is 1.67. The van der Waals surface area contributed by atoms with Gasteiger partial charge in [-0.15, -0.1) is 11.3 Å². The van der Waals surface area contributed by atoms with Crippen molar-refractivity contribution in [3.05, 3.63) is 21.4 Å². The van der Waals surface area contributed by atoms with Crippen LogP contribution in [0.1, 0.15) is 46.8 Å². The Hall–Kier alpha value is -0.870. The van der Waals surface area contributed by atoms with E-state index in [1.165, 1.54) is 16.9 Å². The van der Waals surface area contributed by atoms with E-state index in [-0.39, 0.29) is 5.91 Å². The van der Waals surface area contributed by atoms with Crippen molar-refractivity contribution in [2.75, 3.05) is 19.8 Å². The first kappa shape index (κ1) is 14.5. The minimum atomic E-state index is 0.0727. The molecule has 19 heavy (non-hydrogen) atoms. The minimum Gasteiger partial charge on any atom is -0.382 e. The molecule has 1 unspecified atom stereocenters. The van der Waals surface area contributed by atoms with Crippen LogP contribution in [0.4, 0.5) is 0 Å². The fourth-order valence-electron chi connectivity index (χ4n) is 2.43. The molecular formula is C15H23NO2S. The lowest BCUT2D eigenvalue weighted by molar-refractivity contribution is 0.0948. The molecule has 1 aliphatic carbocycles. The van der Waals surface area contributed by atoms with Gasteiger partial charge in [-0.2, -0.15) is 0 Å². The van der Waals surface area contributed by atoms with E-state index in [9.17, 15) is 4.79 Å². The zero-order chi connectivity index (χ0) is 13.7. The topological polar surface area (TPSA) is 38.3 Å². The lowest BCUT2D eigenvalue weighted by Gasteiger charge is -2.16. The Kier molecular flexibility index (Phi) is 5.40. The average Bonchev–Trinajstić information content (AvgIpc) is 2.81. The largest absolute Gasteiger partial charge is 0.382 e. The predicted octanol–water partition coefficient (Wildman–Crippen LogP) is 3.03. The third kappa shape index (κ3) is 4.05. The molecule has 1 heterocycles. The van der Waals surface area contributed by atoms with Gasteiger partial charge in [0.05, 0.1) is 4.88 Å². The second-order valence-electron chi connectivity index (χ2n) is 5.21. The molecule has 0 fully saturated rings. The molecular weight excluding hydrogens is 258 g/mol. The minimum absolute atomic E-state index is 0.0727. The molecule has 1 aromatic heterocycles. The van der Waals surface area contributed by atoms with Crippen molar-refractivity contribution < 1.29 is 9.53 Å². The van der Waals surface area contributed by atoms with Crippen LogP contribution in [0.25, 0.3) is 0 Å². The summed E-state index contributed by atoms with van der Waals surface area (Å²) in [5, 5.41) is 2.97. The summed E-state index contributed by atoms with van der Waals surface area (Å²) in [5.41, 5.74) is 1.39. The van der Waals surface area contributed by atoms with Gasteiger partial charge in [-0.3, -0.25) is 4.79 Å². The Balaban J connectivity index is 1.83. The lowest BCUT2D eigenvalue weighted by atomic mass is 9.90. The highest BCUT2D eigenvalue weighted by molar-refractivity contribution is 7.14. The van der Waals surface area contributed by atoms with Crippen LogP contribution >= 0.6 is 11.3 Å². The van der Waals surface area contributed by atoms with E-state index in [0.717, 1.165) is 43.3 Å². The number of hydrogen-bond acceptors (Lipinski definition) is 3. The van der Waals surface area contributed by atoms with E-state index < -0.39 is 0 Å². The van der Waals surface area contributed by atoms with Crippen LogP contribution in [0.5, 0.6) is 0 Å². The highest BCUT2D eigenvalue weighted by Gasteiger charge is 2.20. The number of ether oxygens (including phenoxy) is 1. The monoisotopic (exact) mass is 281 g/mol. The molecule has 106 valence electrons. The molecule has 1 aliphatic rings. The summed E-state index contributed by atoms with van der Waals surface area (Å²) in [6, 6.07) is 2.09. The molecule has 1 N–H and O–H groups in total. The first-order valence-corrected chi connectivity index (χ1v) is 8.00. The number of thiophene rings is 1. The summed E-state index contributed by atoms with van der Waals surface area (Å²) in [6.45, 7) is 6.42. The van der Waals surface area contributed by atoms with Crippen molar-refractivity contribution >= 4 is 17.2 Å². The van der Waals surface area contributed by atoms with Crippen molar-refractivity contribution in [2.45, 2.75) is 39.5 Å². The molecule has 2 rings (SSSR count). The Bertz CT molecular complexity index is 428. The number of aryl methyl sites for hydroxylation is 1. The Morgan fingerprint density at radius 3 is 3.21 bits per heavy atom. The summed E-state index contributed by atoms with van der Waals surface area (Å²) in [6.07, 6.45) is 4.40. The van der Waals surface area contributed by atoms with Gasteiger partial charge in [0.15, 0.2) is 0 Å². The molecule has 0 bridgehead atoms. The van der Waals surface area contributed by atoms with E-state index in [1.807, 2.05) is 6.92 Å². The zero-order valence-electron chi connectivity index (χ0n) is 11.8. The first-order valence-electron chi connectivity index (χ1n) is 7.18. The number of nitrogens with one attached hydrogen (secondary N) is 1. The Morgan fingerprint density at radius 1 is 1.58 bits per heavy atom. The normalized spacial score (nSPS) is 18.1. The SMILES string of the molecule is CCOCCCNC(=O)c1cc2c(s1)CCC(C)C2. The van der Waals surface area contributed by atoms with Gasteiger partial charge in [-0.1, -0.05) is 6.92 Å². The third-order valence-electron chi connectivity index (χ3n) is 3.51. The van der Waals surface area contributed by atoms with Gasteiger partial charge in [0.1, 0.15) is 0 Å². The highest BCUT2D eigenvalue weighted by Crippen LogP contribution is 2.32. The van der Waals surface area contributed by atoms with Gasteiger partial charge in [0, 0.05) is 24.6 Å². The molecule has 3 nitrogen and oxygen atoms in total. The fraction of sp³-hybridized carbons (Fsp3) is 0.667. The number of hydrogen-bond donors (Lipinski definition) is 1. The molecule has 1 atom stereocenters. The fourth-order valence-corrected chi connectivity index (χ4v) is 3.55. The van der Waals surface area contributed by atoms with Crippen LogP contribution in [0.15, 0.2) is 6.07 Å². The second-order valence-corrected chi connectivity index (χ2v) is 6.35. The molecule has 0 aliphatic heterocycles. The van der Waals surface area contributed by atoms with Crippen LogP contribution in [0.3, 0.4) is 0 Å². The molecule has 0 saturated heterocycles. The van der Waals surface area contributed by atoms with E-state index in [0.29, 0.717) is 6.54 Å². The van der Waals surface area contributed by atoms with E-state index >= 15 is 0 Å². The molecule has 0 radical (unpaired) electrons. The molecule has 0 saturated carbocycles. The van der Waals surface area contributed by atoms with Crippen molar-refractivity contribution in [2.24, 2.45) is 5.92 Å². The molecule has 1 aromatic rings. The summed E-state index contributed by atoms with van der Waals surface area (Å²) < 4.78 is 5.25. The quantitative estimate of drug-likeness (QED) is 0.814. The van der Waals surface area contributed by atoms with Gasteiger partial charge in [-0.05, 0) is 50.2 Å². The lowest BCUT2D eigenvalue weighted by Crippen LogP contribution is -2.24. The second kappa shape index (κ2) is 7.06. The molecule has 4 heteroatoms. The first-order chi connectivity index (χ1) is 9.20. The highest BCUT2D eigenvalue weighted by atomic mass is 32.1. The number of rotatable bonds is 6. The maximum Gasteiger partial charge on any atom is 0.261 e. The van der Waals surface area contributed by atoms with E-state index in [2.05, 4.69) is 18.3 Å². The Morgan fingerprint density at radius 2 is 2.42 bits per heavy atom. The van der Waals surface area contributed by atoms with Crippen LogP contribution in [-0.2, 0) is 17.6 Å². The van der Waals surface area contributed by atoms with Crippen molar-refractivity contribution in [1.82, 2.24) is 5.32 Å². The number of fused-ring (bicyclic) bond motifs is 1. The van der Waals surface area contributed by atoms with Crippen LogP contribution in [0.2, 0.25) is 0 Å². The van der Waals surface area contributed by atoms with Crippen molar-refractivity contribution in [1.29, 1.82) is 0 Å². The van der Waals surface area contributed by atoms with Gasteiger partial charge in [0.25, 0.3) is 5.91 Å². The van der Waals surface area contributed by atoms with Gasteiger partial charge >= 0.3 is 0 Å². The maximum absolute atomic E-state index is 12.0. The molecule has 1 amide bonds. The van der Waals surface area contributed by atoms with Crippen LogP contribution in [-0.4, -0.2) is 25.7 Å². The van der Waals surface area contributed by atoms with Crippen LogP contribution in [0, 0.1) is 5.92 Å². The van der Waals surface area contributed by atoms with Crippen molar-refractivity contribution in [3.63, 3.8) is 0 Å². The zero-order valence-corrected chi connectivity index (χ0v) is 12.6. The van der Waals surface area contributed by atoms with E-state index in [1.54, 1.807) is 11.3 Å². The summed E-state index contributed by atoms with van der Waals surface area (Å²) in [7, 11) is 0. The standard InChI is InChI=1S/C15H23NO2S/c1-3-18-8-4-7-16-15(17)14-10-12-9-11(2)5-6-13(12)19-14/h10-11H,3-9H2,1-2H3,(H,16,17). The van der Waals surface area contributed by atoms with Gasteiger partial charge in [-0.25, -0.2) is 0 Å². The summed E-state index contributed by atoms with van der Waals surface area (Å²) in [4.78, 5) is 14.3. The number of carbonyl (C=O) groups is 1. The van der Waals surface area contributed by atoms with Crippen molar-refractivity contribution in [3.8, 4) is 0 Å². The molecule has 0 aromatic carbocycles. The average molecular weight is 281 g/mol.